The molecule has 0 N–H and O–H groups in total. The fourth-order valence-corrected chi connectivity index (χ4v) is 3.34. The third-order valence-corrected chi connectivity index (χ3v) is 5.04. The van der Waals surface area contributed by atoms with Crippen molar-refractivity contribution < 1.29 is 19.0 Å². The molecule has 3 aromatic rings. The Morgan fingerprint density at radius 3 is 2.66 bits per heavy atom. The first-order valence-corrected chi connectivity index (χ1v) is 9.55. The number of fused-ring (bicyclic) bond motifs is 1. The number of carbonyl (C=O) groups excluding carboxylic acids is 1. The van der Waals surface area contributed by atoms with Gasteiger partial charge in [-0.1, -0.05) is 48.0 Å². The molecular weight excluding hydrogens is 388 g/mol. The topological polar surface area (TPSA) is 44.8 Å². The van der Waals surface area contributed by atoms with E-state index in [9.17, 15) is 4.79 Å². The average molecular weight is 407 g/mol. The Kier molecular flexibility index (Phi) is 5.54. The molecule has 0 aromatic heterocycles. The number of ketones is 1. The second-order valence-electron chi connectivity index (χ2n) is 6.57. The summed E-state index contributed by atoms with van der Waals surface area (Å²) in [5.74, 6) is 1.78. The molecule has 5 heteroatoms. The third-order valence-electron chi connectivity index (χ3n) is 4.68. The van der Waals surface area contributed by atoms with E-state index in [1.165, 1.54) is 0 Å². The summed E-state index contributed by atoms with van der Waals surface area (Å²) in [6.45, 7) is 0.572. The van der Waals surface area contributed by atoms with Crippen LogP contribution in [0.4, 0.5) is 0 Å². The Labute approximate surface area is 174 Å². The second kappa shape index (κ2) is 8.41. The molecule has 1 heterocycles. The van der Waals surface area contributed by atoms with Gasteiger partial charge in [0.05, 0.1) is 12.7 Å². The first-order chi connectivity index (χ1) is 14.2. The number of carbonyl (C=O) groups is 1. The van der Waals surface area contributed by atoms with E-state index in [1.54, 1.807) is 19.2 Å². The van der Waals surface area contributed by atoms with Gasteiger partial charge in [0.15, 0.2) is 17.3 Å². The Morgan fingerprint density at radius 2 is 1.83 bits per heavy atom. The van der Waals surface area contributed by atoms with Crippen molar-refractivity contribution in [2.75, 3.05) is 13.7 Å². The second-order valence-corrected chi connectivity index (χ2v) is 6.98. The van der Waals surface area contributed by atoms with Crippen molar-refractivity contribution in [1.29, 1.82) is 0 Å². The summed E-state index contributed by atoms with van der Waals surface area (Å²) < 4.78 is 17.1. The molecule has 4 nitrogen and oxygen atoms in total. The lowest BCUT2D eigenvalue weighted by atomic mass is 9.98. The molecular formula is C24H19ClO4. The zero-order chi connectivity index (χ0) is 20.2. The van der Waals surface area contributed by atoms with E-state index in [2.05, 4.69) is 0 Å². The van der Waals surface area contributed by atoms with Crippen molar-refractivity contribution >= 4 is 23.5 Å². The predicted octanol–water partition coefficient (Wildman–Crippen LogP) is 5.59. The van der Waals surface area contributed by atoms with Crippen LogP contribution in [0.2, 0.25) is 5.02 Å². The lowest BCUT2D eigenvalue weighted by Crippen LogP contribution is -2.18. The van der Waals surface area contributed by atoms with Crippen LogP contribution >= 0.6 is 11.6 Å². The number of benzene rings is 3. The largest absolute Gasteiger partial charge is 0.493 e. The standard InChI is InChI=1S/C24H19ClO4/c1-27-23-13-16(10-11-22(23)29-14-17-6-2-4-8-20(17)25)12-18-15-28-21-9-5-3-7-19(21)24(18)26/h2-13H,14-15H2,1H3/b18-12+. The van der Waals surface area contributed by atoms with Crippen LogP contribution < -0.4 is 14.2 Å². The summed E-state index contributed by atoms with van der Waals surface area (Å²) in [5, 5.41) is 0.656. The monoisotopic (exact) mass is 406 g/mol. The van der Waals surface area contributed by atoms with E-state index in [1.807, 2.05) is 60.7 Å². The molecule has 1 aliphatic heterocycles. The maximum atomic E-state index is 12.7. The number of halogens is 1. The van der Waals surface area contributed by atoms with Crippen LogP contribution in [-0.4, -0.2) is 19.5 Å². The first kappa shape index (κ1) is 19.1. The molecule has 146 valence electrons. The SMILES string of the molecule is COc1cc(/C=C2\COc3ccccc3C2=O)ccc1OCc1ccccc1Cl. The van der Waals surface area contributed by atoms with Crippen molar-refractivity contribution in [3.05, 3.63) is 94.0 Å². The maximum Gasteiger partial charge on any atom is 0.196 e. The highest BCUT2D eigenvalue weighted by atomic mass is 35.5. The molecule has 0 fully saturated rings. The lowest BCUT2D eigenvalue weighted by Gasteiger charge is -2.18. The molecule has 3 aromatic carbocycles. The summed E-state index contributed by atoms with van der Waals surface area (Å²) >= 11 is 6.18. The summed E-state index contributed by atoms with van der Waals surface area (Å²) in [5.41, 5.74) is 2.90. The molecule has 0 atom stereocenters. The van der Waals surface area contributed by atoms with E-state index in [4.69, 9.17) is 25.8 Å². The van der Waals surface area contributed by atoms with Crippen LogP contribution in [0.3, 0.4) is 0 Å². The molecule has 0 amide bonds. The minimum absolute atomic E-state index is 0.0233. The van der Waals surface area contributed by atoms with Crippen molar-refractivity contribution in [1.82, 2.24) is 0 Å². The highest BCUT2D eigenvalue weighted by molar-refractivity contribution is 6.31. The zero-order valence-corrected chi connectivity index (χ0v) is 16.6. The molecule has 4 rings (SSSR count). The number of hydrogen-bond donors (Lipinski definition) is 0. The molecule has 0 radical (unpaired) electrons. The highest BCUT2D eigenvalue weighted by Gasteiger charge is 2.22. The van der Waals surface area contributed by atoms with Crippen molar-refractivity contribution in [3.8, 4) is 17.2 Å². The van der Waals surface area contributed by atoms with Gasteiger partial charge in [0.25, 0.3) is 0 Å². The molecule has 0 bridgehead atoms. The van der Waals surface area contributed by atoms with Gasteiger partial charge in [-0.15, -0.1) is 0 Å². The van der Waals surface area contributed by atoms with Gasteiger partial charge in [0, 0.05) is 16.2 Å². The summed E-state index contributed by atoms with van der Waals surface area (Å²) in [7, 11) is 1.58. The Morgan fingerprint density at radius 1 is 1.03 bits per heavy atom. The number of hydrogen-bond acceptors (Lipinski definition) is 4. The first-order valence-electron chi connectivity index (χ1n) is 9.17. The quantitative estimate of drug-likeness (QED) is 0.518. The normalized spacial score (nSPS) is 14.3. The van der Waals surface area contributed by atoms with Crippen LogP contribution in [0, 0.1) is 0 Å². The van der Waals surface area contributed by atoms with Crippen molar-refractivity contribution in [2.45, 2.75) is 6.61 Å². The summed E-state index contributed by atoms with van der Waals surface area (Å²) in [4.78, 5) is 12.7. The van der Waals surface area contributed by atoms with Crippen LogP contribution in [-0.2, 0) is 6.61 Å². The Bertz CT molecular complexity index is 1090. The summed E-state index contributed by atoms with van der Waals surface area (Å²) in [6, 6.07) is 20.3. The number of methoxy groups -OCH3 is 1. The third kappa shape index (κ3) is 4.13. The maximum absolute atomic E-state index is 12.7. The van der Waals surface area contributed by atoms with Crippen molar-refractivity contribution in [2.24, 2.45) is 0 Å². The number of ether oxygens (including phenoxy) is 3. The molecule has 1 aliphatic rings. The van der Waals surface area contributed by atoms with Crippen molar-refractivity contribution in [3.63, 3.8) is 0 Å². The molecule has 0 aliphatic carbocycles. The molecule has 0 unspecified atom stereocenters. The zero-order valence-electron chi connectivity index (χ0n) is 15.9. The van der Waals surface area contributed by atoms with E-state index in [0.717, 1.165) is 11.1 Å². The van der Waals surface area contributed by atoms with E-state index in [0.29, 0.717) is 40.0 Å². The van der Waals surface area contributed by atoms with Gasteiger partial charge in [-0.25, -0.2) is 0 Å². The number of rotatable bonds is 5. The van der Waals surface area contributed by atoms with Crippen LogP contribution in [0.15, 0.2) is 72.3 Å². The van der Waals surface area contributed by atoms with Crippen LogP contribution in [0.1, 0.15) is 21.5 Å². The average Bonchev–Trinajstić information content (AvgIpc) is 2.76. The minimum Gasteiger partial charge on any atom is -0.493 e. The summed E-state index contributed by atoms with van der Waals surface area (Å²) in [6.07, 6.45) is 1.82. The highest BCUT2D eigenvalue weighted by Crippen LogP contribution is 2.32. The number of para-hydroxylation sites is 1. The number of Topliss-reactive ketones (excluding diaryl/α,β-unsaturated/α-hetero) is 1. The predicted molar refractivity (Wildman–Crippen MR) is 113 cm³/mol. The Balaban J connectivity index is 1.55. The van der Waals surface area contributed by atoms with E-state index in [-0.39, 0.29) is 12.4 Å². The molecule has 0 saturated carbocycles. The van der Waals surface area contributed by atoms with Gasteiger partial charge in [-0.3, -0.25) is 4.79 Å². The van der Waals surface area contributed by atoms with Gasteiger partial charge in [0.1, 0.15) is 19.0 Å². The van der Waals surface area contributed by atoms with Gasteiger partial charge >= 0.3 is 0 Å². The fourth-order valence-electron chi connectivity index (χ4n) is 3.15. The molecule has 0 saturated heterocycles. The smallest absolute Gasteiger partial charge is 0.196 e. The van der Waals surface area contributed by atoms with Gasteiger partial charge in [0.2, 0.25) is 0 Å². The molecule has 0 spiro atoms. The van der Waals surface area contributed by atoms with Crippen LogP contribution in [0.5, 0.6) is 17.2 Å². The van der Waals surface area contributed by atoms with Gasteiger partial charge < -0.3 is 14.2 Å². The Hall–Kier alpha value is -3.24. The van der Waals surface area contributed by atoms with E-state index >= 15 is 0 Å². The minimum atomic E-state index is -0.0233. The fraction of sp³-hybridized carbons (Fsp3) is 0.125. The van der Waals surface area contributed by atoms with Gasteiger partial charge in [-0.05, 0) is 42.0 Å². The lowest BCUT2D eigenvalue weighted by molar-refractivity contribution is 0.100. The van der Waals surface area contributed by atoms with E-state index < -0.39 is 0 Å². The molecule has 29 heavy (non-hydrogen) atoms. The van der Waals surface area contributed by atoms with Gasteiger partial charge in [-0.2, -0.15) is 0 Å². The van der Waals surface area contributed by atoms with Crippen LogP contribution in [0.25, 0.3) is 6.08 Å².